The monoisotopic (exact) mass is 148 g/mol. The Morgan fingerprint density at radius 3 is 2.70 bits per heavy atom. The molecule has 0 heterocycles. The van der Waals surface area contributed by atoms with E-state index >= 15 is 0 Å². The lowest BCUT2D eigenvalue weighted by Gasteiger charge is -1.94. The molecule has 0 bridgehead atoms. The van der Waals surface area contributed by atoms with Crippen LogP contribution in [0.4, 0.5) is 0 Å². The Hall–Kier alpha value is -1.33. The van der Waals surface area contributed by atoms with Gasteiger partial charge in [0.05, 0.1) is 6.61 Å². The van der Waals surface area contributed by atoms with E-state index in [1.54, 1.807) is 0 Å². The van der Waals surface area contributed by atoms with E-state index in [1.807, 2.05) is 0 Å². The van der Waals surface area contributed by atoms with Crippen LogP contribution in [0, 0.1) is 10.1 Å². The van der Waals surface area contributed by atoms with Gasteiger partial charge in [-0.25, -0.2) is 0 Å². The fourth-order valence-electron chi connectivity index (χ4n) is 0.385. The number of nitrogens with two attached hydrogens (primary N) is 1. The standard InChI is InChI=1S/C4H8N2O4/c5-4(7)2-1-3-10-6(8)9/h1-3H2,(H2,5,7). The zero-order chi connectivity index (χ0) is 7.98. The fourth-order valence-corrected chi connectivity index (χ4v) is 0.385. The molecule has 10 heavy (non-hydrogen) atoms. The minimum Gasteiger partial charge on any atom is -0.370 e. The van der Waals surface area contributed by atoms with Gasteiger partial charge in [-0.3, -0.25) is 4.79 Å². The van der Waals surface area contributed by atoms with Crippen molar-refractivity contribution in [3.63, 3.8) is 0 Å². The van der Waals surface area contributed by atoms with Crippen molar-refractivity contribution in [3.8, 4) is 0 Å². The van der Waals surface area contributed by atoms with Gasteiger partial charge < -0.3 is 10.6 Å². The molecular weight excluding hydrogens is 140 g/mol. The molecule has 1 amide bonds. The van der Waals surface area contributed by atoms with Crippen molar-refractivity contribution in [2.75, 3.05) is 6.61 Å². The summed E-state index contributed by atoms with van der Waals surface area (Å²) in [6.07, 6.45) is 0.407. The zero-order valence-electron chi connectivity index (χ0n) is 5.28. The van der Waals surface area contributed by atoms with E-state index in [4.69, 9.17) is 5.73 Å². The van der Waals surface area contributed by atoms with Crippen LogP contribution in [0.15, 0.2) is 0 Å². The molecular formula is C4H8N2O4. The van der Waals surface area contributed by atoms with Crippen molar-refractivity contribution in [1.29, 1.82) is 0 Å². The summed E-state index contributed by atoms with van der Waals surface area (Å²) in [6.45, 7) is -0.0735. The lowest BCUT2D eigenvalue weighted by molar-refractivity contribution is -0.757. The number of rotatable bonds is 5. The number of carbonyl (C=O) groups excluding carboxylic acids is 1. The van der Waals surface area contributed by atoms with Crippen LogP contribution in [0.5, 0.6) is 0 Å². The van der Waals surface area contributed by atoms with Crippen LogP contribution in [0.2, 0.25) is 0 Å². The predicted octanol–water partition coefficient (Wildman–Crippen LogP) is -0.540. The molecule has 0 spiro atoms. The van der Waals surface area contributed by atoms with Gasteiger partial charge in [-0.15, -0.1) is 10.1 Å². The van der Waals surface area contributed by atoms with E-state index in [1.165, 1.54) is 0 Å². The molecule has 0 aromatic carbocycles. The summed E-state index contributed by atoms with van der Waals surface area (Å²) in [5.74, 6) is -0.480. The topological polar surface area (TPSA) is 95.5 Å². The Morgan fingerprint density at radius 2 is 2.30 bits per heavy atom. The molecule has 0 saturated carbocycles. The van der Waals surface area contributed by atoms with E-state index in [-0.39, 0.29) is 19.4 Å². The molecule has 6 heteroatoms. The smallest absolute Gasteiger partial charge is 0.294 e. The van der Waals surface area contributed by atoms with Crippen molar-refractivity contribution >= 4 is 5.91 Å². The molecule has 0 aliphatic heterocycles. The summed E-state index contributed by atoms with van der Waals surface area (Å²) in [5, 5.41) is 8.61. The van der Waals surface area contributed by atoms with Gasteiger partial charge in [-0.05, 0) is 6.42 Å². The summed E-state index contributed by atoms with van der Waals surface area (Å²) in [4.78, 5) is 23.5. The Labute approximate surface area is 57.1 Å². The molecule has 2 N–H and O–H groups in total. The largest absolute Gasteiger partial charge is 0.370 e. The normalized spacial score (nSPS) is 8.80. The molecule has 0 saturated heterocycles. The fraction of sp³-hybridized carbons (Fsp3) is 0.750. The lowest BCUT2D eigenvalue weighted by Crippen LogP contribution is -2.12. The second-order valence-corrected chi connectivity index (χ2v) is 1.63. The molecule has 58 valence electrons. The number of amides is 1. The third kappa shape index (κ3) is 6.67. The van der Waals surface area contributed by atoms with E-state index < -0.39 is 11.0 Å². The van der Waals surface area contributed by atoms with E-state index in [0.29, 0.717) is 0 Å². The number of nitrogens with zero attached hydrogens (tertiary/aromatic N) is 1. The molecule has 0 rings (SSSR count). The third-order valence-corrected chi connectivity index (χ3v) is 0.764. The average Bonchev–Trinajstić information content (AvgIpc) is 1.79. The number of hydrogen-bond acceptors (Lipinski definition) is 4. The minimum absolute atomic E-state index is 0.0735. The van der Waals surface area contributed by atoms with Crippen LogP contribution in [0.3, 0.4) is 0 Å². The van der Waals surface area contributed by atoms with Gasteiger partial charge in [-0.2, -0.15) is 0 Å². The summed E-state index contributed by atoms with van der Waals surface area (Å²) < 4.78 is 0. The number of primary amides is 1. The highest BCUT2D eigenvalue weighted by atomic mass is 16.9. The van der Waals surface area contributed by atoms with Crippen LogP contribution in [0.25, 0.3) is 0 Å². The Balaban J connectivity index is 3.06. The first-order valence-corrected chi connectivity index (χ1v) is 2.68. The van der Waals surface area contributed by atoms with Gasteiger partial charge in [0.2, 0.25) is 5.91 Å². The van der Waals surface area contributed by atoms with Gasteiger partial charge >= 0.3 is 0 Å². The Kier molecular flexibility index (Phi) is 3.94. The molecule has 0 aromatic rings. The Morgan fingerprint density at radius 1 is 1.70 bits per heavy atom. The second-order valence-electron chi connectivity index (χ2n) is 1.63. The molecule has 0 aliphatic carbocycles. The van der Waals surface area contributed by atoms with Gasteiger partial charge in [0, 0.05) is 6.42 Å². The summed E-state index contributed by atoms with van der Waals surface area (Å²) in [7, 11) is 0. The molecule has 0 unspecified atom stereocenters. The highest BCUT2D eigenvalue weighted by Crippen LogP contribution is 1.87. The van der Waals surface area contributed by atoms with Crippen molar-refractivity contribution in [2.24, 2.45) is 5.73 Å². The highest BCUT2D eigenvalue weighted by Gasteiger charge is 1.96. The second kappa shape index (κ2) is 4.54. The summed E-state index contributed by atoms with van der Waals surface area (Å²) in [5.41, 5.74) is 4.74. The van der Waals surface area contributed by atoms with E-state index in [9.17, 15) is 14.9 Å². The average molecular weight is 148 g/mol. The van der Waals surface area contributed by atoms with Crippen LogP contribution in [-0.2, 0) is 9.63 Å². The van der Waals surface area contributed by atoms with Crippen LogP contribution >= 0.6 is 0 Å². The van der Waals surface area contributed by atoms with Gasteiger partial charge in [0.25, 0.3) is 5.09 Å². The molecule has 6 nitrogen and oxygen atoms in total. The van der Waals surface area contributed by atoms with Gasteiger partial charge in [0.15, 0.2) is 0 Å². The minimum atomic E-state index is -0.902. The van der Waals surface area contributed by atoms with Crippen molar-refractivity contribution in [3.05, 3.63) is 10.1 Å². The quantitative estimate of drug-likeness (QED) is 0.321. The SMILES string of the molecule is NC(=O)CCCO[N+](=O)[O-]. The lowest BCUT2D eigenvalue weighted by atomic mass is 10.3. The van der Waals surface area contributed by atoms with Gasteiger partial charge in [0.1, 0.15) is 0 Å². The molecule has 0 fully saturated rings. The highest BCUT2D eigenvalue weighted by molar-refractivity contribution is 5.73. The first kappa shape index (κ1) is 8.67. The molecule has 0 aromatic heterocycles. The predicted molar refractivity (Wildman–Crippen MR) is 31.4 cm³/mol. The number of hydrogen-bond donors (Lipinski definition) is 1. The van der Waals surface area contributed by atoms with Crippen molar-refractivity contribution < 1.29 is 14.7 Å². The maximum Gasteiger partial charge on any atom is 0.294 e. The number of carbonyl (C=O) groups is 1. The van der Waals surface area contributed by atoms with Crippen molar-refractivity contribution in [1.82, 2.24) is 0 Å². The molecule has 0 atom stereocenters. The molecule has 0 radical (unpaired) electrons. The van der Waals surface area contributed by atoms with E-state index in [2.05, 4.69) is 4.84 Å². The Bertz CT molecular complexity index is 119. The van der Waals surface area contributed by atoms with Crippen LogP contribution < -0.4 is 5.73 Å². The summed E-state index contributed by atoms with van der Waals surface area (Å²) >= 11 is 0. The zero-order valence-corrected chi connectivity index (χ0v) is 5.28. The maximum absolute atomic E-state index is 10.0. The third-order valence-electron chi connectivity index (χ3n) is 0.764. The van der Waals surface area contributed by atoms with Crippen molar-refractivity contribution in [2.45, 2.75) is 12.8 Å². The van der Waals surface area contributed by atoms with Crippen LogP contribution in [-0.4, -0.2) is 17.6 Å². The molecule has 0 aliphatic rings. The first-order valence-electron chi connectivity index (χ1n) is 2.68. The maximum atomic E-state index is 10.0. The van der Waals surface area contributed by atoms with E-state index in [0.717, 1.165) is 0 Å². The van der Waals surface area contributed by atoms with Crippen LogP contribution in [0.1, 0.15) is 12.8 Å². The first-order chi connectivity index (χ1) is 4.63. The summed E-state index contributed by atoms with van der Waals surface area (Å²) in [6, 6.07) is 0. The van der Waals surface area contributed by atoms with Gasteiger partial charge in [-0.1, -0.05) is 0 Å².